The second-order valence-corrected chi connectivity index (χ2v) is 6.54. The van der Waals surface area contributed by atoms with Crippen LogP contribution in [0.3, 0.4) is 0 Å². The molecule has 2 aromatic rings. The number of alkyl halides is 3. The van der Waals surface area contributed by atoms with E-state index in [-0.39, 0.29) is 22.1 Å². The van der Waals surface area contributed by atoms with Crippen LogP contribution in [0.2, 0.25) is 0 Å². The highest BCUT2D eigenvalue weighted by Gasteiger charge is 2.39. The van der Waals surface area contributed by atoms with E-state index in [9.17, 15) is 18.0 Å². The maximum absolute atomic E-state index is 13.0. The fourth-order valence-electron chi connectivity index (χ4n) is 2.57. The van der Waals surface area contributed by atoms with Crippen molar-refractivity contribution in [2.45, 2.75) is 45.5 Å². The minimum atomic E-state index is -4.58. The van der Waals surface area contributed by atoms with Crippen molar-refractivity contribution in [1.82, 2.24) is 15.1 Å². The number of carbonyl (C=O) groups is 1. The molecule has 1 heterocycles. The Kier molecular flexibility index (Phi) is 5.92. The summed E-state index contributed by atoms with van der Waals surface area (Å²) in [6, 6.07) is 8.34. The van der Waals surface area contributed by atoms with Gasteiger partial charge in [0.2, 0.25) is 5.91 Å². The van der Waals surface area contributed by atoms with E-state index in [1.807, 2.05) is 37.3 Å². The summed E-state index contributed by atoms with van der Waals surface area (Å²) in [4.78, 5) is 12.5. The molecule has 0 saturated heterocycles. The molecule has 1 aromatic heterocycles. The highest BCUT2D eigenvalue weighted by molar-refractivity contribution is 9.10. The average molecular weight is 418 g/mol. The topological polar surface area (TPSA) is 46.9 Å². The fourth-order valence-corrected chi connectivity index (χ4v) is 3.05. The molecule has 4 nitrogen and oxygen atoms in total. The molecule has 0 saturated carbocycles. The molecule has 0 aliphatic rings. The smallest absolute Gasteiger partial charge is 0.347 e. The quantitative estimate of drug-likeness (QED) is 0.759. The lowest BCUT2D eigenvalue weighted by molar-refractivity contribution is -0.142. The standard InChI is InChI=1S/C17H19BrF3N3O/c1-4-13(12-8-6-5-7-9-12)22-16(25)11(3)24-10(2)14(18)15(23-24)17(19,20)21/h5-9,11,13H,4H2,1-3H3,(H,22,25). The van der Waals surface area contributed by atoms with E-state index in [1.54, 1.807) is 0 Å². The van der Waals surface area contributed by atoms with Gasteiger partial charge in [0, 0.05) is 0 Å². The molecule has 1 aromatic carbocycles. The maximum atomic E-state index is 13.0. The van der Waals surface area contributed by atoms with Crippen molar-refractivity contribution in [2.24, 2.45) is 0 Å². The van der Waals surface area contributed by atoms with Crippen LogP contribution in [0.5, 0.6) is 0 Å². The van der Waals surface area contributed by atoms with E-state index in [4.69, 9.17) is 0 Å². The van der Waals surface area contributed by atoms with E-state index < -0.39 is 17.9 Å². The summed E-state index contributed by atoms with van der Waals surface area (Å²) in [5.74, 6) is -0.387. The largest absolute Gasteiger partial charge is 0.436 e. The third kappa shape index (κ3) is 4.23. The van der Waals surface area contributed by atoms with Crippen LogP contribution < -0.4 is 5.32 Å². The van der Waals surface area contributed by atoms with E-state index >= 15 is 0 Å². The molecule has 25 heavy (non-hydrogen) atoms. The molecule has 0 radical (unpaired) electrons. The summed E-state index contributed by atoms with van der Waals surface area (Å²) in [7, 11) is 0. The first kappa shape index (κ1) is 19.5. The molecule has 1 amide bonds. The zero-order valence-corrected chi connectivity index (χ0v) is 15.6. The van der Waals surface area contributed by atoms with Gasteiger partial charge in [0.15, 0.2) is 5.69 Å². The van der Waals surface area contributed by atoms with Gasteiger partial charge >= 0.3 is 6.18 Å². The number of benzene rings is 1. The first-order valence-corrected chi connectivity index (χ1v) is 8.63. The van der Waals surface area contributed by atoms with Crippen molar-refractivity contribution in [3.8, 4) is 0 Å². The van der Waals surface area contributed by atoms with Gasteiger partial charge in [-0.1, -0.05) is 37.3 Å². The lowest BCUT2D eigenvalue weighted by Gasteiger charge is -2.21. The predicted octanol–water partition coefficient (Wildman–Crippen LogP) is 4.80. The number of hydrogen-bond acceptors (Lipinski definition) is 2. The number of nitrogens with zero attached hydrogens (tertiary/aromatic N) is 2. The minimum absolute atomic E-state index is 0.144. The fraction of sp³-hybridized carbons (Fsp3) is 0.412. The maximum Gasteiger partial charge on any atom is 0.436 e. The van der Waals surface area contributed by atoms with Gasteiger partial charge in [-0.05, 0) is 41.8 Å². The van der Waals surface area contributed by atoms with Crippen molar-refractivity contribution in [1.29, 1.82) is 0 Å². The third-order valence-electron chi connectivity index (χ3n) is 4.02. The monoisotopic (exact) mass is 417 g/mol. The SMILES string of the molecule is CCC(NC(=O)C(C)n1nc(C(F)(F)F)c(Br)c1C)c1ccccc1. The zero-order valence-electron chi connectivity index (χ0n) is 14.1. The number of rotatable bonds is 5. The van der Waals surface area contributed by atoms with Crippen molar-refractivity contribution in [3.63, 3.8) is 0 Å². The van der Waals surface area contributed by atoms with Crippen LogP contribution in [0.15, 0.2) is 34.8 Å². The Morgan fingerprint density at radius 2 is 1.92 bits per heavy atom. The second kappa shape index (κ2) is 7.59. The van der Waals surface area contributed by atoms with Gasteiger partial charge in [-0.15, -0.1) is 0 Å². The number of carbonyl (C=O) groups excluding carboxylic acids is 1. The van der Waals surface area contributed by atoms with Crippen LogP contribution in [0.1, 0.15) is 49.3 Å². The second-order valence-electron chi connectivity index (χ2n) is 5.75. The number of hydrogen-bond donors (Lipinski definition) is 1. The van der Waals surface area contributed by atoms with Crippen LogP contribution >= 0.6 is 15.9 Å². The number of nitrogens with one attached hydrogen (secondary N) is 1. The Morgan fingerprint density at radius 3 is 2.40 bits per heavy atom. The molecule has 2 unspecified atom stereocenters. The van der Waals surface area contributed by atoms with Gasteiger partial charge < -0.3 is 5.32 Å². The normalized spacial score (nSPS) is 14.2. The van der Waals surface area contributed by atoms with Crippen LogP contribution in [0, 0.1) is 6.92 Å². The number of halogens is 4. The molecule has 8 heteroatoms. The molecule has 0 fully saturated rings. The predicted molar refractivity (Wildman–Crippen MR) is 92.0 cm³/mol. The van der Waals surface area contributed by atoms with Gasteiger partial charge in [0.1, 0.15) is 6.04 Å². The van der Waals surface area contributed by atoms with Crippen molar-refractivity contribution < 1.29 is 18.0 Å². The summed E-state index contributed by atoms with van der Waals surface area (Å²) < 4.78 is 39.9. The summed E-state index contributed by atoms with van der Waals surface area (Å²) in [6.07, 6.45) is -3.92. The van der Waals surface area contributed by atoms with Gasteiger partial charge in [0.05, 0.1) is 16.2 Å². The van der Waals surface area contributed by atoms with Crippen LogP contribution in [0.25, 0.3) is 0 Å². The number of amides is 1. The summed E-state index contributed by atoms with van der Waals surface area (Å²) in [5, 5.41) is 6.47. The Balaban J connectivity index is 2.23. The average Bonchev–Trinajstić information content (AvgIpc) is 2.88. The third-order valence-corrected chi connectivity index (χ3v) is 4.97. The molecule has 0 bridgehead atoms. The molecule has 1 N–H and O–H groups in total. The Morgan fingerprint density at radius 1 is 1.32 bits per heavy atom. The van der Waals surface area contributed by atoms with Crippen LogP contribution in [-0.4, -0.2) is 15.7 Å². The number of aromatic nitrogens is 2. The minimum Gasteiger partial charge on any atom is -0.347 e. The Labute approximate surface area is 152 Å². The van der Waals surface area contributed by atoms with Crippen LogP contribution in [-0.2, 0) is 11.0 Å². The van der Waals surface area contributed by atoms with Gasteiger partial charge in [-0.25, -0.2) is 0 Å². The lowest BCUT2D eigenvalue weighted by atomic mass is 10.0. The molecular formula is C17H19BrF3N3O. The first-order chi connectivity index (χ1) is 11.7. The Bertz CT molecular complexity index is 744. The van der Waals surface area contributed by atoms with Crippen molar-refractivity contribution in [3.05, 3.63) is 51.8 Å². The molecular weight excluding hydrogens is 399 g/mol. The summed E-state index contributed by atoms with van der Waals surface area (Å²) in [6.45, 7) is 4.95. The molecule has 2 rings (SSSR count). The van der Waals surface area contributed by atoms with E-state index in [0.29, 0.717) is 6.42 Å². The van der Waals surface area contributed by atoms with Gasteiger partial charge in [-0.2, -0.15) is 18.3 Å². The summed E-state index contributed by atoms with van der Waals surface area (Å²) >= 11 is 2.92. The summed E-state index contributed by atoms with van der Waals surface area (Å²) in [5.41, 5.74) is 0.169. The molecule has 0 spiro atoms. The highest BCUT2D eigenvalue weighted by Crippen LogP contribution is 2.36. The van der Waals surface area contributed by atoms with E-state index in [2.05, 4.69) is 26.3 Å². The molecule has 0 aliphatic heterocycles. The van der Waals surface area contributed by atoms with Gasteiger partial charge in [0.25, 0.3) is 0 Å². The first-order valence-electron chi connectivity index (χ1n) is 7.83. The van der Waals surface area contributed by atoms with Crippen molar-refractivity contribution in [2.75, 3.05) is 0 Å². The molecule has 2 atom stereocenters. The van der Waals surface area contributed by atoms with Crippen molar-refractivity contribution >= 4 is 21.8 Å². The Hall–Kier alpha value is -1.83. The van der Waals surface area contributed by atoms with E-state index in [1.165, 1.54) is 13.8 Å². The molecule has 0 aliphatic carbocycles. The molecule has 136 valence electrons. The lowest BCUT2D eigenvalue weighted by Crippen LogP contribution is -2.34. The van der Waals surface area contributed by atoms with E-state index in [0.717, 1.165) is 10.2 Å². The van der Waals surface area contributed by atoms with Crippen LogP contribution in [0.4, 0.5) is 13.2 Å². The highest BCUT2D eigenvalue weighted by atomic mass is 79.9. The zero-order chi connectivity index (χ0) is 18.8. The van der Waals surface area contributed by atoms with Gasteiger partial charge in [-0.3, -0.25) is 9.48 Å².